The largest absolute Gasteiger partial charge is 0.366 e. The Labute approximate surface area is 156 Å². The minimum Gasteiger partial charge on any atom is -0.366 e. The zero-order chi connectivity index (χ0) is 18.9. The minimum atomic E-state index is -3.00. The van der Waals surface area contributed by atoms with Crippen molar-refractivity contribution in [3.05, 3.63) is 58.4 Å². The second-order valence-corrected chi connectivity index (χ2v) is 8.52. The molecule has 0 saturated heterocycles. The van der Waals surface area contributed by atoms with Gasteiger partial charge in [0.15, 0.2) is 0 Å². The third-order valence-electron chi connectivity index (χ3n) is 4.02. The van der Waals surface area contributed by atoms with Crippen molar-refractivity contribution < 1.29 is 13.4 Å². The lowest BCUT2D eigenvalue weighted by molar-refractivity contribution is 0.101. The SMILES string of the molecule is CCN(C)C=Nc1cc2c(cc1Cl)S(=O)(Cc1ccc(F)cc1)=NC2=O. The van der Waals surface area contributed by atoms with Gasteiger partial charge in [0.25, 0.3) is 5.91 Å². The molecule has 0 aromatic heterocycles. The van der Waals surface area contributed by atoms with Gasteiger partial charge in [0.2, 0.25) is 0 Å². The van der Waals surface area contributed by atoms with Gasteiger partial charge < -0.3 is 4.90 Å². The summed E-state index contributed by atoms with van der Waals surface area (Å²) in [7, 11) is -1.14. The number of aliphatic imine (C=N–C) groups is 1. The standard InChI is InChI=1S/C18H17ClFN3O2S/c1-3-23(2)11-21-16-8-14-17(9-15(16)19)26(25,22-18(14)24)10-12-4-6-13(20)7-5-12/h4-9,11H,3,10H2,1-2H3. The van der Waals surface area contributed by atoms with Gasteiger partial charge in [0, 0.05) is 13.6 Å². The first-order valence-corrected chi connectivity index (χ1v) is 10.00. The van der Waals surface area contributed by atoms with Crippen molar-refractivity contribution in [3.63, 3.8) is 0 Å². The zero-order valence-electron chi connectivity index (χ0n) is 14.3. The van der Waals surface area contributed by atoms with E-state index in [4.69, 9.17) is 11.6 Å². The molecule has 0 aliphatic carbocycles. The van der Waals surface area contributed by atoms with Crippen molar-refractivity contribution in [2.45, 2.75) is 17.6 Å². The Morgan fingerprint density at radius 2 is 2.00 bits per heavy atom. The van der Waals surface area contributed by atoms with E-state index >= 15 is 0 Å². The van der Waals surface area contributed by atoms with Crippen LogP contribution in [-0.2, 0) is 15.5 Å². The molecule has 8 heteroatoms. The fourth-order valence-electron chi connectivity index (χ4n) is 2.46. The maximum Gasteiger partial charge on any atom is 0.286 e. The molecule has 1 unspecified atom stereocenters. The third-order valence-corrected chi connectivity index (χ3v) is 6.53. The molecule has 0 fully saturated rings. The van der Waals surface area contributed by atoms with Gasteiger partial charge in [-0.15, -0.1) is 0 Å². The van der Waals surface area contributed by atoms with E-state index in [9.17, 15) is 13.4 Å². The fourth-order valence-corrected chi connectivity index (χ4v) is 4.86. The highest BCUT2D eigenvalue weighted by molar-refractivity contribution is 7.93. The molecule has 1 atom stereocenters. The van der Waals surface area contributed by atoms with Crippen LogP contribution in [0.2, 0.25) is 5.02 Å². The quantitative estimate of drug-likeness (QED) is 0.563. The number of carbonyl (C=O) groups is 1. The monoisotopic (exact) mass is 393 g/mol. The first-order chi connectivity index (χ1) is 12.3. The number of rotatable bonds is 5. The smallest absolute Gasteiger partial charge is 0.286 e. The van der Waals surface area contributed by atoms with Crippen molar-refractivity contribution in [2.75, 3.05) is 13.6 Å². The first kappa shape index (κ1) is 18.5. The molecule has 1 aliphatic heterocycles. The Balaban J connectivity index is 1.99. The number of nitrogens with zero attached hydrogens (tertiary/aromatic N) is 3. The van der Waals surface area contributed by atoms with Crippen LogP contribution in [0.5, 0.6) is 0 Å². The van der Waals surface area contributed by atoms with E-state index in [-0.39, 0.29) is 17.1 Å². The number of fused-ring (bicyclic) bond motifs is 1. The van der Waals surface area contributed by atoms with Crippen LogP contribution in [0.4, 0.5) is 10.1 Å². The van der Waals surface area contributed by atoms with Gasteiger partial charge in [0.05, 0.1) is 43.0 Å². The van der Waals surface area contributed by atoms with Crippen molar-refractivity contribution in [3.8, 4) is 0 Å². The van der Waals surface area contributed by atoms with Crippen LogP contribution in [0.15, 0.2) is 50.6 Å². The van der Waals surface area contributed by atoms with Gasteiger partial charge in [-0.1, -0.05) is 23.7 Å². The van der Waals surface area contributed by atoms with Crippen molar-refractivity contribution in [1.82, 2.24) is 4.90 Å². The molecule has 26 heavy (non-hydrogen) atoms. The van der Waals surface area contributed by atoms with Gasteiger partial charge >= 0.3 is 0 Å². The molecule has 1 aliphatic rings. The number of hydrogen-bond acceptors (Lipinski definition) is 3. The predicted molar refractivity (Wildman–Crippen MR) is 101 cm³/mol. The Bertz CT molecular complexity index is 1010. The highest BCUT2D eigenvalue weighted by atomic mass is 35.5. The van der Waals surface area contributed by atoms with Crippen LogP contribution in [-0.4, -0.2) is 34.9 Å². The molecular formula is C18H17ClFN3O2S. The summed E-state index contributed by atoms with van der Waals surface area (Å²) in [5, 5.41) is 0.293. The normalized spacial score (nSPS) is 18.8. The van der Waals surface area contributed by atoms with Crippen molar-refractivity contribution in [1.29, 1.82) is 0 Å². The Kier molecular flexibility index (Phi) is 5.11. The van der Waals surface area contributed by atoms with Crippen LogP contribution in [0.3, 0.4) is 0 Å². The highest BCUT2D eigenvalue weighted by Gasteiger charge is 2.30. The van der Waals surface area contributed by atoms with Gasteiger partial charge in [-0.25, -0.2) is 13.6 Å². The summed E-state index contributed by atoms with van der Waals surface area (Å²) in [4.78, 5) is 18.7. The molecule has 0 spiro atoms. The van der Waals surface area contributed by atoms with Crippen LogP contribution < -0.4 is 0 Å². The number of carbonyl (C=O) groups excluding carboxylic acids is 1. The molecule has 0 radical (unpaired) electrons. The van der Waals surface area contributed by atoms with E-state index in [1.165, 1.54) is 36.4 Å². The molecular weight excluding hydrogens is 377 g/mol. The van der Waals surface area contributed by atoms with Gasteiger partial charge in [-0.05, 0) is 36.8 Å². The third kappa shape index (κ3) is 3.64. The lowest BCUT2D eigenvalue weighted by Crippen LogP contribution is -2.14. The zero-order valence-corrected chi connectivity index (χ0v) is 15.9. The lowest BCUT2D eigenvalue weighted by Gasteiger charge is -2.10. The average Bonchev–Trinajstić information content (AvgIpc) is 2.84. The first-order valence-electron chi connectivity index (χ1n) is 7.94. The average molecular weight is 394 g/mol. The number of amides is 1. The number of halogens is 2. The van der Waals surface area contributed by atoms with E-state index in [1.54, 1.807) is 6.34 Å². The fraction of sp³-hybridized carbons (Fsp3) is 0.222. The number of benzene rings is 2. The van der Waals surface area contributed by atoms with Crippen LogP contribution in [0.25, 0.3) is 0 Å². The van der Waals surface area contributed by atoms with Crippen LogP contribution in [0.1, 0.15) is 22.8 Å². The molecule has 0 N–H and O–H groups in total. The molecule has 5 nitrogen and oxygen atoms in total. The van der Waals surface area contributed by atoms with E-state index in [2.05, 4.69) is 9.36 Å². The topological polar surface area (TPSA) is 62.1 Å². The summed E-state index contributed by atoms with van der Waals surface area (Å²) in [5.41, 5.74) is 1.29. The van der Waals surface area contributed by atoms with Crippen molar-refractivity contribution in [2.24, 2.45) is 9.36 Å². The molecule has 0 saturated carbocycles. The summed E-state index contributed by atoms with van der Waals surface area (Å²) in [6.07, 6.45) is 1.61. The van der Waals surface area contributed by atoms with E-state index in [0.717, 1.165) is 6.54 Å². The summed E-state index contributed by atoms with van der Waals surface area (Å²) >= 11 is 6.27. The van der Waals surface area contributed by atoms with E-state index < -0.39 is 15.6 Å². The van der Waals surface area contributed by atoms with E-state index in [1.807, 2.05) is 18.9 Å². The molecule has 1 heterocycles. The summed E-state index contributed by atoms with van der Waals surface area (Å²) < 4.78 is 30.2. The Morgan fingerprint density at radius 1 is 1.31 bits per heavy atom. The molecule has 136 valence electrons. The van der Waals surface area contributed by atoms with Crippen LogP contribution >= 0.6 is 11.6 Å². The number of hydrogen-bond donors (Lipinski definition) is 0. The van der Waals surface area contributed by atoms with Gasteiger partial charge in [-0.2, -0.15) is 4.36 Å². The molecule has 0 bridgehead atoms. The molecule has 2 aromatic carbocycles. The Hall–Kier alpha value is -2.25. The summed E-state index contributed by atoms with van der Waals surface area (Å²) in [6, 6.07) is 8.63. The second kappa shape index (κ2) is 7.17. The molecule has 3 rings (SSSR count). The minimum absolute atomic E-state index is 0.0174. The van der Waals surface area contributed by atoms with Gasteiger partial charge in [0.1, 0.15) is 5.82 Å². The summed E-state index contributed by atoms with van der Waals surface area (Å²) in [6.45, 7) is 2.75. The highest BCUT2D eigenvalue weighted by Crippen LogP contribution is 2.37. The molecule has 1 amide bonds. The maximum atomic E-state index is 13.3. The maximum absolute atomic E-state index is 13.3. The lowest BCUT2D eigenvalue weighted by atomic mass is 10.2. The second-order valence-electron chi connectivity index (χ2n) is 5.93. The van der Waals surface area contributed by atoms with Crippen molar-refractivity contribution >= 4 is 39.3 Å². The summed E-state index contributed by atoms with van der Waals surface area (Å²) in [5.74, 6) is -0.918. The molecule has 2 aromatic rings. The Morgan fingerprint density at radius 3 is 2.65 bits per heavy atom. The van der Waals surface area contributed by atoms with Crippen LogP contribution in [0, 0.1) is 5.82 Å². The predicted octanol–water partition coefficient (Wildman–Crippen LogP) is 4.27. The van der Waals surface area contributed by atoms with Gasteiger partial charge in [-0.3, -0.25) is 4.79 Å². The van der Waals surface area contributed by atoms with E-state index in [0.29, 0.717) is 21.2 Å².